The summed E-state index contributed by atoms with van der Waals surface area (Å²) in [4.78, 5) is 7.04. The van der Waals surface area contributed by atoms with E-state index in [4.69, 9.17) is 10.5 Å². The molecule has 5 heteroatoms. The highest BCUT2D eigenvalue weighted by atomic mass is 16.5. The van der Waals surface area contributed by atoms with Gasteiger partial charge in [0.05, 0.1) is 7.11 Å². The fraction of sp³-hybridized carbons (Fsp3) is 0.632. The van der Waals surface area contributed by atoms with E-state index in [1.165, 1.54) is 37.9 Å². The Labute approximate surface area is 146 Å². The number of nitrogens with zero attached hydrogens (tertiary/aromatic N) is 2. The summed E-state index contributed by atoms with van der Waals surface area (Å²) in [6, 6.07) is 8.12. The predicted octanol–water partition coefficient (Wildman–Crippen LogP) is 2.26. The lowest BCUT2D eigenvalue weighted by molar-refractivity contribution is 0.203. The van der Waals surface area contributed by atoms with E-state index >= 15 is 0 Å². The van der Waals surface area contributed by atoms with Gasteiger partial charge in [-0.2, -0.15) is 0 Å². The number of nitrogens with one attached hydrogen (secondary N) is 1. The molecule has 0 aromatic heterocycles. The third-order valence-corrected chi connectivity index (χ3v) is 4.47. The monoisotopic (exact) mass is 332 g/mol. The maximum Gasteiger partial charge on any atom is 0.188 e. The van der Waals surface area contributed by atoms with Crippen molar-refractivity contribution < 1.29 is 4.74 Å². The second-order valence-corrected chi connectivity index (χ2v) is 6.72. The molecule has 0 radical (unpaired) electrons. The third-order valence-electron chi connectivity index (χ3n) is 4.47. The zero-order chi connectivity index (χ0) is 17.2. The van der Waals surface area contributed by atoms with Crippen molar-refractivity contribution >= 4 is 5.96 Å². The molecule has 1 aliphatic heterocycles. The quantitative estimate of drug-likeness (QED) is 0.566. The number of benzene rings is 1. The Kier molecular flexibility index (Phi) is 7.89. The summed E-state index contributed by atoms with van der Waals surface area (Å²) < 4.78 is 5.16. The molecule has 1 saturated heterocycles. The Morgan fingerprint density at radius 3 is 2.62 bits per heavy atom. The smallest absolute Gasteiger partial charge is 0.188 e. The van der Waals surface area contributed by atoms with Gasteiger partial charge in [0, 0.05) is 19.6 Å². The molecular formula is C19H32N4O. The van der Waals surface area contributed by atoms with Gasteiger partial charge in [0.2, 0.25) is 0 Å². The van der Waals surface area contributed by atoms with E-state index < -0.39 is 0 Å². The number of ether oxygens (including phenoxy) is 1. The molecule has 1 aromatic rings. The van der Waals surface area contributed by atoms with Crippen LogP contribution < -0.4 is 15.8 Å². The molecule has 0 aliphatic carbocycles. The minimum absolute atomic E-state index is 0.546. The number of piperidine rings is 1. The van der Waals surface area contributed by atoms with E-state index in [-0.39, 0.29) is 0 Å². The van der Waals surface area contributed by atoms with Crippen molar-refractivity contribution in [3.63, 3.8) is 0 Å². The van der Waals surface area contributed by atoms with Gasteiger partial charge in [0.25, 0.3) is 0 Å². The Morgan fingerprint density at radius 2 is 1.96 bits per heavy atom. The highest BCUT2D eigenvalue weighted by Crippen LogP contribution is 2.12. The molecule has 0 saturated carbocycles. The van der Waals surface area contributed by atoms with E-state index in [1.807, 2.05) is 12.1 Å². The van der Waals surface area contributed by atoms with Gasteiger partial charge in [-0.1, -0.05) is 25.5 Å². The van der Waals surface area contributed by atoms with Crippen LogP contribution in [0.25, 0.3) is 0 Å². The van der Waals surface area contributed by atoms with Crippen molar-refractivity contribution in [2.45, 2.75) is 32.6 Å². The SMILES string of the molecule is COc1ccc(CCNC(N)=NCC(C)CN2CCCCC2)cc1. The van der Waals surface area contributed by atoms with Crippen LogP contribution in [0.1, 0.15) is 31.7 Å². The van der Waals surface area contributed by atoms with Crippen LogP contribution in [-0.4, -0.2) is 50.7 Å². The lowest BCUT2D eigenvalue weighted by Gasteiger charge is -2.28. The minimum Gasteiger partial charge on any atom is -0.497 e. The molecule has 1 fully saturated rings. The molecule has 0 amide bonds. The van der Waals surface area contributed by atoms with Crippen molar-refractivity contribution in [3.8, 4) is 5.75 Å². The highest BCUT2D eigenvalue weighted by molar-refractivity contribution is 5.77. The van der Waals surface area contributed by atoms with Gasteiger partial charge in [-0.05, 0) is 56.0 Å². The van der Waals surface area contributed by atoms with E-state index in [1.54, 1.807) is 7.11 Å². The Hall–Kier alpha value is -1.75. The molecule has 1 aromatic carbocycles. The average molecular weight is 332 g/mol. The summed E-state index contributed by atoms with van der Waals surface area (Å²) in [7, 11) is 1.68. The largest absolute Gasteiger partial charge is 0.497 e. The van der Waals surface area contributed by atoms with Gasteiger partial charge in [-0.3, -0.25) is 4.99 Å². The van der Waals surface area contributed by atoms with Crippen LogP contribution in [0.5, 0.6) is 5.75 Å². The van der Waals surface area contributed by atoms with Gasteiger partial charge in [-0.25, -0.2) is 0 Å². The van der Waals surface area contributed by atoms with E-state index in [0.29, 0.717) is 11.9 Å². The zero-order valence-electron chi connectivity index (χ0n) is 15.1. The lowest BCUT2D eigenvalue weighted by atomic mass is 10.1. The number of rotatable bonds is 8. The third kappa shape index (κ3) is 6.79. The van der Waals surface area contributed by atoms with Crippen LogP contribution in [0.3, 0.4) is 0 Å². The highest BCUT2D eigenvalue weighted by Gasteiger charge is 2.13. The number of likely N-dealkylation sites (tertiary alicyclic amines) is 1. The number of nitrogens with two attached hydrogens (primary N) is 1. The summed E-state index contributed by atoms with van der Waals surface area (Å²) in [6.07, 6.45) is 4.98. The fourth-order valence-electron chi connectivity index (χ4n) is 3.08. The number of hydrogen-bond acceptors (Lipinski definition) is 3. The van der Waals surface area contributed by atoms with Crippen molar-refractivity contribution in [1.82, 2.24) is 10.2 Å². The van der Waals surface area contributed by atoms with Crippen molar-refractivity contribution in [2.24, 2.45) is 16.6 Å². The molecule has 1 unspecified atom stereocenters. The predicted molar refractivity (Wildman–Crippen MR) is 101 cm³/mol. The summed E-state index contributed by atoms with van der Waals surface area (Å²) in [5.74, 6) is 1.98. The summed E-state index contributed by atoms with van der Waals surface area (Å²) in [5, 5.41) is 3.20. The van der Waals surface area contributed by atoms with Crippen LogP contribution in [0.2, 0.25) is 0 Å². The van der Waals surface area contributed by atoms with Crippen LogP contribution in [0.4, 0.5) is 0 Å². The van der Waals surface area contributed by atoms with E-state index in [0.717, 1.165) is 31.8 Å². The first-order chi connectivity index (χ1) is 11.7. The molecule has 1 heterocycles. The second kappa shape index (κ2) is 10.2. The molecule has 3 N–H and O–H groups in total. The second-order valence-electron chi connectivity index (χ2n) is 6.72. The van der Waals surface area contributed by atoms with Crippen LogP contribution in [-0.2, 0) is 6.42 Å². The minimum atomic E-state index is 0.546. The lowest BCUT2D eigenvalue weighted by Crippen LogP contribution is -2.36. The zero-order valence-corrected chi connectivity index (χ0v) is 15.1. The summed E-state index contributed by atoms with van der Waals surface area (Å²) in [5.41, 5.74) is 7.23. The fourth-order valence-corrected chi connectivity index (χ4v) is 3.08. The van der Waals surface area contributed by atoms with Gasteiger partial charge in [-0.15, -0.1) is 0 Å². The standard InChI is InChI=1S/C19H32N4O/c1-16(15-23-12-4-3-5-13-23)14-22-19(20)21-11-10-17-6-8-18(24-2)9-7-17/h6-9,16H,3-5,10-15H2,1-2H3,(H3,20,21,22). The summed E-state index contributed by atoms with van der Waals surface area (Å²) >= 11 is 0. The molecule has 134 valence electrons. The first-order valence-corrected chi connectivity index (χ1v) is 9.06. The molecule has 0 spiro atoms. The van der Waals surface area contributed by atoms with E-state index in [2.05, 4.69) is 34.3 Å². The topological polar surface area (TPSA) is 62.9 Å². The Morgan fingerprint density at radius 1 is 1.25 bits per heavy atom. The van der Waals surface area contributed by atoms with Crippen molar-refractivity contribution in [1.29, 1.82) is 0 Å². The first kappa shape index (κ1) is 18.6. The number of methoxy groups -OCH3 is 1. The molecule has 1 atom stereocenters. The van der Waals surface area contributed by atoms with Gasteiger partial charge >= 0.3 is 0 Å². The molecule has 2 rings (SSSR count). The van der Waals surface area contributed by atoms with Crippen LogP contribution in [0.15, 0.2) is 29.3 Å². The van der Waals surface area contributed by atoms with Gasteiger partial charge < -0.3 is 20.7 Å². The maximum atomic E-state index is 5.97. The first-order valence-electron chi connectivity index (χ1n) is 9.06. The number of guanidine groups is 1. The average Bonchev–Trinajstić information content (AvgIpc) is 2.61. The normalized spacial score (nSPS) is 17.5. The van der Waals surface area contributed by atoms with Crippen LogP contribution in [0, 0.1) is 5.92 Å². The number of aliphatic imine (C=N–C) groups is 1. The van der Waals surface area contributed by atoms with E-state index in [9.17, 15) is 0 Å². The molecular weight excluding hydrogens is 300 g/mol. The number of hydrogen-bond donors (Lipinski definition) is 2. The summed E-state index contributed by atoms with van der Waals surface area (Å²) in [6.45, 7) is 7.44. The molecule has 0 bridgehead atoms. The Bertz CT molecular complexity index is 495. The molecule has 1 aliphatic rings. The van der Waals surface area contributed by atoms with Crippen LogP contribution >= 0.6 is 0 Å². The molecule has 24 heavy (non-hydrogen) atoms. The maximum absolute atomic E-state index is 5.97. The van der Waals surface area contributed by atoms with Crippen molar-refractivity contribution in [2.75, 3.05) is 39.8 Å². The van der Waals surface area contributed by atoms with Crippen molar-refractivity contribution in [3.05, 3.63) is 29.8 Å². The van der Waals surface area contributed by atoms with Gasteiger partial charge in [0.15, 0.2) is 5.96 Å². The van der Waals surface area contributed by atoms with Gasteiger partial charge in [0.1, 0.15) is 5.75 Å². The Balaban J connectivity index is 1.63. The molecule has 5 nitrogen and oxygen atoms in total.